The number of carbonyl (C=O) groups excluding carboxylic acids is 1. The average molecular weight is 320 g/mol. The van der Waals surface area contributed by atoms with Crippen molar-refractivity contribution in [2.45, 2.75) is 6.54 Å². The van der Waals surface area contributed by atoms with Crippen LogP contribution in [-0.4, -0.2) is 28.9 Å². The van der Waals surface area contributed by atoms with Crippen LogP contribution in [0.15, 0.2) is 59.0 Å². The molecular weight excluding hydrogens is 304 g/mol. The molecule has 0 aliphatic rings. The Morgan fingerprint density at radius 3 is 2.67 bits per heavy atom. The van der Waals surface area contributed by atoms with Gasteiger partial charge < -0.3 is 14.1 Å². The normalized spacial score (nSPS) is 10.3. The third-order valence-electron chi connectivity index (χ3n) is 3.44. The fourth-order valence-electron chi connectivity index (χ4n) is 2.27. The van der Waals surface area contributed by atoms with Crippen LogP contribution in [0.5, 0.6) is 6.08 Å². The number of hydrogen-bond donors (Lipinski definition) is 0. The molecule has 0 spiro atoms. The first-order chi connectivity index (χ1) is 11.8. The topological polar surface area (TPSA) is 55.6 Å². The third-order valence-corrected chi connectivity index (χ3v) is 3.44. The molecule has 120 valence electrons. The molecule has 0 atom stereocenters. The number of rotatable bonds is 6. The van der Waals surface area contributed by atoms with Crippen LogP contribution in [0.3, 0.4) is 0 Å². The van der Waals surface area contributed by atoms with E-state index in [9.17, 15) is 4.79 Å². The smallest absolute Gasteiger partial charge is 0.395 e. The van der Waals surface area contributed by atoms with E-state index in [1.807, 2.05) is 48.5 Å². The highest BCUT2D eigenvalue weighted by Crippen LogP contribution is 2.19. The molecule has 0 unspecified atom stereocenters. The van der Waals surface area contributed by atoms with E-state index in [2.05, 4.69) is 10.9 Å². The maximum absolute atomic E-state index is 12.4. The summed E-state index contributed by atoms with van der Waals surface area (Å²) in [6, 6.07) is 16.9. The second-order valence-corrected chi connectivity index (χ2v) is 5.18. The summed E-state index contributed by atoms with van der Waals surface area (Å²) < 4.78 is 10.8. The van der Waals surface area contributed by atoms with Gasteiger partial charge in [-0.25, -0.2) is 0 Å². The van der Waals surface area contributed by atoms with Crippen molar-refractivity contribution in [3.8, 4) is 18.4 Å². The Bertz CT molecular complexity index is 832. The van der Waals surface area contributed by atoms with E-state index >= 15 is 0 Å². The summed E-state index contributed by atoms with van der Waals surface area (Å²) in [5, 5.41) is 0. The Kier molecular flexibility index (Phi) is 4.78. The van der Waals surface area contributed by atoms with Crippen LogP contribution in [0.1, 0.15) is 5.56 Å². The predicted molar refractivity (Wildman–Crippen MR) is 90.2 cm³/mol. The van der Waals surface area contributed by atoms with Gasteiger partial charge in [-0.2, -0.15) is 4.98 Å². The maximum atomic E-state index is 12.4. The number of benzene rings is 2. The number of carbonyl (C=O) groups is 1. The molecule has 1 aromatic heterocycles. The molecule has 0 aliphatic heterocycles. The van der Waals surface area contributed by atoms with Gasteiger partial charge in [0.1, 0.15) is 5.52 Å². The first-order valence-corrected chi connectivity index (χ1v) is 7.50. The standard InChI is InChI=1S/C19H16N2O3/c1-2-12-21(13-15-8-4-3-5-9-15)18(22)14-23-19-20-16-10-6-7-11-17(16)24-19/h1,3-11H,12-14H2. The number of oxazole rings is 1. The summed E-state index contributed by atoms with van der Waals surface area (Å²) in [4.78, 5) is 18.1. The Labute approximate surface area is 139 Å². The number of terminal acetylenes is 1. The van der Waals surface area contributed by atoms with E-state index in [4.69, 9.17) is 15.6 Å². The lowest BCUT2D eigenvalue weighted by Crippen LogP contribution is -2.34. The summed E-state index contributed by atoms with van der Waals surface area (Å²) in [5.41, 5.74) is 2.30. The zero-order valence-electron chi connectivity index (χ0n) is 13.0. The fraction of sp³-hybridized carbons (Fsp3) is 0.158. The van der Waals surface area contributed by atoms with Crippen molar-refractivity contribution in [3.05, 3.63) is 60.2 Å². The number of para-hydroxylation sites is 2. The van der Waals surface area contributed by atoms with E-state index in [1.54, 1.807) is 11.0 Å². The highest BCUT2D eigenvalue weighted by molar-refractivity contribution is 5.78. The fourth-order valence-corrected chi connectivity index (χ4v) is 2.27. The number of hydrogen-bond acceptors (Lipinski definition) is 4. The van der Waals surface area contributed by atoms with Crippen LogP contribution in [0.25, 0.3) is 11.1 Å². The molecule has 24 heavy (non-hydrogen) atoms. The molecule has 1 heterocycles. The molecule has 0 bridgehead atoms. The molecule has 3 aromatic rings. The zero-order chi connectivity index (χ0) is 16.8. The lowest BCUT2D eigenvalue weighted by atomic mass is 10.2. The molecule has 5 nitrogen and oxygen atoms in total. The molecular formula is C19H16N2O3. The van der Waals surface area contributed by atoms with Gasteiger partial charge in [-0.1, -0.05) is 48.4 Å². The highest BCUT2D eigenvalue weighted by Gasteiger charge is 2.15. The van der Waals surface area contributed by atoms with E-state index in [1.165, 1.54) is 0 Å². The van der Waals surface area contributed by atoms with Crippen molar-refractivity contribution in [1.82, 2.24) is 9.88 Å². The van der Waals surface area contributed by atoms with Crippen molar-refractivity contribution in [2.24, 2.45) is 0 Å². The van der Waals surface area contributed by atoms with Crippen LogP contribution in [0.4, 0.5) is 0 Å². The molecule has 0 aliphatic carbocycles. The number of ether oxygens (including phenoxy) is 1. The van der Waals surface area contributed by atoms with Crippen LogP contribution >= 0.6 is 0 Å². The van der Waals surface area contributed by atoms with Crippen molar-refractivity contribution in [1.29, 1.82) is 0 Å². The van der Waals surface area contributed by atoms with E-state index in [-0.39, 0.29) is 25.1 Å². The van der Waals surface area contributed by atoms with Crippen molar-refractivity contribution < 1.29 is 13.9 Å². The van der Waals surface area contributed by atoms with Gasteiger partial charge in [0, 0.05) is 6.54 Å². The number of fused-ring (bicyclic) bond motifs is 1. The summed E-state index contributed by atoms with van der Waals surface area (Å²) in [5.74, 6) is 2.28. The average Bonchev–Trinajstić information content (AvgIpc) is 3.03. The van der Waals surface area contributed by atoms with Crippen LogP contribution in [0.2, 0.25) is 0 Å². The van der Waals surface area contributed by atoms with Gasteiger partial charge in [0.15, 0.2) is 12.2 Å². The molecule has 0 N–H and O–H groups in total. The molecule has 3 rings (SSSR count). The Hall–Kier alpha value is -3.26. The Morgan fingerprint density at radius 1 is 1.17 bits per heavy atom. The maximum Gasteiger partial charge on any atom is 0.395 e. The summed E-state index contributed by atoms with van der Waals surface area (Å²) in [6.07, 6.45) is 5.44. The molecule has 0 radical (unpaired) electrons. The Balaban J connectivity index is 1.63. The summed E-state index contributed by atoms with van der Waals surface area (Å²) >= 11 is 0. The minimum atomic E-state index is -0.223. The van der Waals surface area contributed by atoms with E-state index in [0.717, 1.165) is 5.56 Å². The van der Waals surface area contributed by atoms with Crippen LogP contribution < -0.4 is 4.74 Å². The minimum absolute atomic E-state index is 0.0740. The lowest BCUT2D eigenvalue weighted by molar-refractivity contribution is -0.133. The van der Waals surface area contributed by atoms with Gasteiger partial charge in [-0.3, -0.25) is 4.79 Å². The van der Waals surface area contributed by atoms with Gasteiger partial charge in [-0.05, 0) is 17.7 Å². The van der Waals surface area contributed by atoms with E-state index in [0.29, 0.717) is 17.6 Å². The largest absolute Gasteiger partial charge is 0.440 e. The highest BCUT2D eigenvalue weighted by atomic mass is 16.6. The molecule has 1 amide bonds. The number of amides is 1. The van der Waals surface area contributed by atoms with Gasteiger partial charge >= 0.3 is 6.08 Å². The second-order valence-electron chi connectivity index (χ2n) is 5.18. The van der Waals surface area contributed by atoms with Gasteiger partial charge in [0.2, 0.25) is 0 Å². The SMILES string of the molecule is C#CCN(Cc1ccccc1)C(=O)COc1nc2ccccc2o1. The van der Waals surface area contributed by atoms with Crippen molar-refractivity contribution in [3.63, 3.8) is 0 Å². The quantitative estimate of drug-likeness (QED) is 0.655. The predicted octanol–water partition coefficient (Wildman–Crippen LogP) is 2.87. The van der Waals surface area contributed by atoms with Gasteiger partial charge in [-0.15, -0.1) is 6.42 Å². The first-order valence-electron chi connectivity index (χ1n) is 7.50. The lowest BCUT2D eigenvalue weighted by Gasteiger charge is -2.19. The third kappa shape index (κ3) is 3.73. The molecule has 2 aromatic carbocycles. The van der Waals surface area contributed by atoms with Crippen LogP contribution in [-0.2, 0) is 11.3 Å². The number of nitrogens with zero attached hydrogens (tertiary/aromatic N) is 2. The first kappa shape index (κ1) is 15.6. The second kappa shape index (κ2) is 7.34. The van der Waals surface area contributed by atoms with Gasteiger partial charge in [0.05, 0.1) is 6.54 Å². The monoisotopic (exact) mass is 320 g/mol. The number of aromatic nitrogens is 1. The summed E-state index contributed by atoms with van der Waals surface area (Å²) in [6.45, 7) is 0.465. The molecule has 5 heteroatoms. The molecule has 0 saturated carbocycles. The summed E-state index contributed by atoms with van der Waals surface area (Å²) in [7, 11) is 0. The van der Waals surface area contributed by atoms with Crippen LogP contribution in [0, 0.1) is 12.3 Å². The molecule has 0 saturated heterocycles. The molecule has 0 fully saturated rings. The zero-order valence-corrected chi connectivity index (χ0v) is 13.0. The van der Waals surface area contributed by atoms with Crippen molar-refractivity contribution >= 4 is 17.0 Å². The minimum Gasteiger partial charge on any atom is -0.440 e. The van der Waals surface area contributed by atoms with E-state index < -0.39 is 0 Å². The van der Waals surface area contributed by atoms with Crippen molar-refractivity contribution in [2.75, 3.05) is 13.2 Å². The van der Waals surface area contributed by atoms with Gasteiger partial charge in [0.25, 0.3) is 5.91 Å². The Morgan fingerprint density at radius 2 is 1.92 bits per heavy atom.